The van der Waals surface area contributed by atoms with E-state index >= 15 is 0 Å². The largest absolute Gasteiger partial charge is 0.383 e. The van der Waals surface area contributed by atoms with Gasteiger partial charge in [-0.3, -0.25) is 0 Å². The standard InChI is InChI=1S/C13H20ClNO/c1-10-5-4-6-11(2)13(10)8-15-7-12(14)9-16-3/h4-6,12,15H,7-9H2,1-3H3. The van der Waals surface area contributed by atoms with Gasteiger partial charge in [0.05, 0.1) is 12.0 Å². The van der Waals surface area contributed by atoms with E-state index in [4.69, 9.17) is 16.3 Å². The van der Waals surface area contributed by atoms with Gasteiger partial charge >= 0.3 is 0 Å². The molecule has 3 heteroatoms. The van der Waals surface area contributed by atoms with Crippen molar-refractivity contribution in [3.63, 3.8) is 0 Å². The van der Waals surface area contributed by atoms with E-state index in [1.807, 2.05) is 0 Å². The van der Waals surface area contributed by atoms with E-state index in [0.717, 1.165) is 13.1 Å². The third-order valence-corrected chi connectivity index (χ3v) is 2.94. The minimum absolute atomic E-state index is 0.0364. The highest BCUT2D eigenvalue weighted by Gasteiger charge is 2.05. The van der Waals surface area contributed by atoms with Crippen molar-refractivity contribution >= 4 is 11.6 Å². The minimum Gasteiger partial charge on any atom is -0.383 e. The Bertz CT molecular complexity index is 307. The van der Waals surface area contributed by atoms with Gasteiger partial charge in [-0.25, -0.2) is 0 Å². The van der Waals surface area contributed by atoms with Crippen molar-refractivity contribution in [1.82, 2.24) is 5.32 Å². The average molecular weight is 242 g/mol. The summed E-state index contributed by atoms with van der Waals surface area (Å²) < 4.78 is 4.98. The van der Waals surface area contributed by atoms with E-state index in [9.17, 15) is 0 Å². The first-order chi connectivity index (χ1) is 7.65. The van der Waals surface area contributed by atoms with Gasteiger partial charge in [-0.15, -0.1) is 11.6 Å². The molecule has 0 spiro atoms. The van der Waals surface area contributed by atoms with E-state index in [2.05, 4.69) is 37.4 Å². The molecule has 0 radical (unpaired) electrons. The van der Waals surface area contributed by atoms with Gasteiger partial charge < -0.3 is 10.1 Å². The summed E-state index contributed by atoms with van der Waals surface area (Å²) in [6.07, 6.45) is 0. The van der Waals surface area contributed by atoms with Gasteiger partial charge in [0, 0.05) is 20.2 Å². The summed E-state index contributed by atoms with van der Waals surface area (Å²) in [4.78, 5) is 0. The lowest BCUT2D eigenvalue weighted by Crippen LogP contribution is -2.26. The number of nitrogens with one attached hydrogen (secondary N) is 1. The zero-order valence-corrected chi connectivity index (χ0v) is 11.0. The van der Waals surface area contributed by atoms with E-state index < -0.39 is 0 Å². The smallest absolute Gasteiger partial charge is 0.0694 e. The lowest BCUT2D eigenvalue weighted by Gasteiger charge is -2.13. The Morgan fingerprint density at radius 1 is 1.31 bits per heavy atom. The van der Waals surface area contributed by atoms with Crippen LogP contribution in [0.4, 0.5) is 0 Å². The second-order valence-electron chi connectivity index (χ2n) is 4.05. The fraction of sp³-hybridized carbons (Fsp3) is 0.538. The minimum atomic E-state index is 0.0364. The molecular weight excluding hydrogens is 222 g/mol. The summed E-state index contributed by atoms with van der Waals surface area (Å²) in [6, 6.07) is 6.36. The number of hydrogen-bond donors (Lipinski definition) is 1. The summed E-state index contributed by atoms with van der Waals surface area (Å²) in [6.45, 7) is 6.49. The van der Waals surface area contributed by atoms with Crippen molar-refractivity contribution in [2.75, 3.05) is 20.3 Å². The molecule has 1 aromatic rings. The van der Waals surface area contributed by atoms with Crippen molar-refractivity contribution in [2.24, 2.45) is 0 Å². The maximum Gasteiger partial charge on any atom is 0.0694 e. The SMILES string of the molecule is COCC(Cl)CNCc1c(C)cccc1C. The molecule has 2 nitrogen and oxygen atoms in total. The maximum atomic E-state index is 6.04. The van der Waals surface area contributed by atoms with Crippen molar-refractivity contribution in [3.05, 3.63) is 34.9 Å². The highest BCUT2D eigenvalue weighted by molar-refractivity contribution is 6.20. The molecule has 1 atom stereocenters. The zero-order chi connectivity index (χ0) is 12.0. The Morgan fingerprint density at radius 2 is 1.94 bits per heavy atom. The normalized spacial score (nSPS) is 12.8. The van der Waals surface area contributed by atoms with Crippen LogP contribution in [0.5, 0.6) is 0 Å². The summed E-state index contributed by atoms with van der Waals surface area (Å²) in [5, 5.41) is 3.39. The zero-order valence-electron chi connectivity index (χ0n) is 10.2. The van der Waals surface area contributed by atoms with Crippen LogP contribution in [0.2, 0.25) is 0 Å². The number of rotatable bonds is 6. The second-order valence-corrected chi connectivity index (χ2v) is 4.67. The molecule has 0 fully saturated rings. The van der Waals surface area contributed by atoms with Crippen LogP contribution in [0.15, 0.2) is 18.2 Å². The van der Waals surface area contributed by atoms with Crippen LogP contribution in [-0.4, -0.2) is 25.6 Å². The molecule has 1 aromatic carbocycles. The lowest BCUT2D eigenvalue weighted by atomic mass is 10.0. The molecule has 0 aromatic heterocycles. The van der Waals surface area contributed by atoms with Crippen LogP contribution in [0.25, 0.3) is 0 Å². The van der Waals surface area contributed by atoms with Gasteiger partial charge in [0.2, 0.25) is 0 Å². The van der Waals surface area contributed by atoms with Gasteiger partial charge in [0.25, 0.3) is 0 Å². The molecule has 1 unspecified atom stereocenters. The van der Waals surface area contributed by atoms with Crippen LogP contribution in [-0.2, 0) is 11.3 Å². The fourth-order valence-corrected chi connectivity index (χ4v) is 1.96. The number of halogens is 1. The van der Waals surface area contributed by atoms with Crippen molar-refractivity contribution < 1.29 is 4.74 Å². The number of alkyl halides is 1. The first-order valence-corrected chi connectivity index (χ1v) is 5.97. The Kier molecular flexibility index (Phi) is 5.81. The quantitative estimate of drug-likeness (QED) is 0.774. The molecule has 0 heterocycles. The molecule has 0 saturated carbocycles. The Morgan fingerprint density at radius 3 is 2.50 bits per heavy atom. The summed E-state index contributed by atoms with van der Waals surface area (Å²) in [5.74, 6) is 0. The van der Waals surface area contributed by atoms with Gasteiger partial charge in [-0.05, 0) is 30.5 Å². The Labute approximate surface area is 103 Å². The molecular formula is C13H20ClNO. The van der Waals surface area contributed by atoms with Crippen LogP contribution in [0.1, 0.15) is 16.7 Å². The van der Waals surface area contributed by atoms with Gasteiger partial charge in [0.15, 0.2) is 0 Å². The molecule has 16 heavy (non-hydrogen) atoms. The second kappa shape index (κ2) is 6.89. The molecule has 0 aliphatic heterocycles. The molecule has 1 rings (SSSR count). The molecule has 0 bridgehead atoms. The number of benzene rings is 1. The first kappa shape index (κ1) is 13.5. The summed E-state index contributed by atoms with van der Waals surface area (Å²) in [7, 11) is 1.67. The predicted molar refractivity (Wildman–Crippen MR) is 69.1 cm³/mol. The molecule has 1 N–H and O–H groups in total. The molecule has 0 amide bonds. The van der Waals surface area contributed by atoms with E-state index in [1.165, 1.54) is 16.7 Å². The van der Waals surface area contributed by atoms with Gasteiger partial charge in [-0.2, -0.15) is 0 Å². The lowest BCUT2D eigenvalue weighted by molar-refractivity contribution is 0.197. The van der Waals surface area contributed by atoms with Crippen LogP contribution in [0, 0.1) is 13.8 Å². The topological polar surface area (TPSA) is 21.3 Å². The van der Waals surface area contributed by atoms with Gasteiger partial charge in [0.1, 0.15) is 0 Å². The third-order valence-electron chi connectivity index (χ3n) is 2.66. The molecule has 0 aliphatic carbocycles. The van der Waals surface area contributed by atoms with Crippen molar-refractivity contribution in [2.45, 2.75) is 25.8 Å². The van der Waals surface area contributed by atoms with Crippen LogP contribution in [0.3, 0.4) is 0 Å². The van der Waals surface area contributed by atoms with Crippen LogP contribution < -0.4 is 5.32 Å². The fourth-order valence-electron chi connectivity index (χ4n) is 1.72. The summed E-state index contributed by atoms with van der Waals surface area (Å²) in [5.41, 5.74) is 4.01. The molecule has 90 valence electrons. The monoisotopic (exact) mass is 241 g/mol. The van der Waals surface area contributed by atoms with E-state index in [0.29, 0.717) is 6.61 Å². The summed E-state index contributed by atoms with van der Waals surface area (Å²) >= 11 is 6.04. The Hall–Kier alpha value is -0.570. The molecule has 0 aliphatic rings. The third kappa shape index (κ3) is 4.12. The highest BCUT2D eigenvalue weighted by atomic mass is 35.5. The highest BCUT2D eigenvalue weighted by Crippen LogP contribution is 2.12. The van der Waals surface area contributed by atoms with E-state index in [1.54, 1.807) is 7.11 Å². The Balaban J connectivity index is 2.43. The van der Waals surface area contributed by atoms with Crippen molar-refractivity contribution in [3.8, 4) is 0 Å². The van der Waals surface area contributed by atoms with E-state index in [-0.39, 0.29) is 5.38 Å². The van der Waals surface area contributed by atoms with Gasteiger partial charge in [-0.1, -0.05) is 18.2 Å². The number of hydrogen-bond acceptors (Lipinski definition) is 2. The molecule has 0 saturated heterocycles. The maximum absolute atomic E-state index is 6.04. The predicted octanol–water partition coefficient (Wildman–Crippen LogP) is 2.65. The van der Waals surface area contributed by atoms with Crippen LogP contribution >= 0.6 is 11.6 Å². The first-order valence-electron chi connectivity index (χ1n) is 5.54. The number of aryl methyl sites for hydroxylation is 2. The number of methoxy groups -OCH3 is 1. The van der Waals surface area contributed by atoms with Crippen molar-refractivity contribution in [1.29, 1.82) is 0 Å². The number of ether oxygens (including phenoxy) is 1. The average Bonchev–Trinajstić information content (AvgIpc) is 2.23.